The minimum atomic E-state index is -0.579. The number of hydrogen-bond acceptors (Lipinski definition) is 4. The average Bonchev–Trinajstić information content (AvgIpc) is 2.93. The molecule has 2 aromatic heterocycles. The van der Waals surface area contributed by atoms with Crippen molar-refractivity contribution in [2.45, 2.75) is 18.4 Å². The lowest BCUT2D eigenvalue weighted by atomic mass is 9.88. The van der Waals surface area contributed by atoms with Gasteiger partial charge in [-0.2, -0.15) is 0 Å². The first-order valence-electron chi connectivity index (χ1n) is 6.14. The molecule has 1 saturated heterocycles. The Morgan fingerprint density at radius 3 is 2.83 bits per heavy atom. The number of aliphatic hydroxyl groups is 1. The molecule has 2 aromatic rings. The number of hydrogen-bond donors (Lipinski definition) is 1. The number of carbonyl (C=O) groups is 1. The Hall–Kier alpha value is -0.910. The fourth-order valence-corrected chi connectivity index (χ4v) is 4.74. The Bertz CT molecular complexity index is 591. The van der Waals surface area contributed by atoms with E-state index in [0.29, 0.717) is 19.0 Å². The van der Waals surface area contributed by atoms with E-state index in [9.17, 15) is 9.90 Å². The van der Waals surface area contributed by atoms with Crippen LogP contribution in [-0.2, 0) is 0 Å². The van der Waals surface area contributed by atoms with Gasteiger partial charge in [-0.15, -0.1) is 22.7 Å². The molecule has 1 N–H and O–H groups in total. The van der Waals surface area contributed by atoms with Crippen LogP contribution in [0.25, 0.3) is 9.40 Å². The van der Waals surface area contributed by atoms with Crippen molar-refractivity contribution >= 4 is 38.0 Å². The van der Waals surface area contributed by atoms with Crippen LogP contribution in [0.5, 0.6) is 0 Å². The zero-order chi connectivity index (χ0) is 12.3. The maximum absolute atomic E-state index is 12.3. The summed E-state index contributed by atoms with van der Waals surface area (Å²) in [6.07, 6.45) is 2.24. The van der Waals surface area contributed by atoms with Gasteiger partial charge >= 0.3 is 0 Å². The van der Waals surface area contributed by atoms with Gasteiger partial charge in [0.1, 0.15) is 5.60 Å². The summed E-state index contributed by atoms with van der Waals surface area (Å²) in [4.78, 5) is 14.8. The highest BCUT2D eigenvalue weighted by Crippen LogP contribution is 2.45. The first-order valence-corrected chi connectivity index (χ1v) is 7.84. The fraction of sp³-hybridized carbons (Fsp3) is 0.462. The molecule has 3 nitrogen and oxygen atoms in total. The van der Waals surface area contributed by atoms with E-state index in [0.717, 1.165) is 17.7 Å². The van der Waals surface area contributed by atoms with Crippen LogP contribution in [0, 0.1) is 5.92 Å². The summed E-state index contributed by atoms with van der Waals surface area (Å²) in [5.74, 6) is 0.516. The van der Waals surface area contributed by atoms with Crippen molar-refractivity contribution in [3.8, 4) is 0 Å². The maximum Gasteiger partial charge on any atom is 0.264 e. The van der Waals surface area contributed by atoms with Gasteiger partial charge in [-0.1, -0.05) is 0 Å². The van der Waals surface area contributed by atoms with E-state index < -0.39 is 5.60 Å². The van der Waals surface area contributed by atoms with Gasteiger partial charge in [-0.25, -0.2) is 0 Å². The second kappa shape index (κ2) is 3.56. The van der Waals surface area contributed by atoms with Crippen LogP contribution in [0.3, 0.4) is 0 Å². The van der Waals surface area contributed by atoms with Crippen molar-refractivity contribution in [3.63, 3.8) is 0 Å². The van der Waals surface area contributed by atoms with Crippen molar-refractivity contribution in [2.24, 2.45) is 5.92 Å². The Labute approximate surface area is 113 Å². The minimum Gasteiger partial charge on any atom is -0.386 e. The number of thiophene rings is 2. The normalized spacial score (nSPS) is 22.2. The van der Waals surface area contributed by atoms with Crippen LogP contribution in [0.1, 0.15) is 22.5 Å². The molecule has 0 bridgehead atoms. The number of fused-ring (bicyclic) bond motifs is 1. The predicted octanol–water partition coefficient (Wildman–Crippen LogP) is 2.56. The summed E-state index contributed by atoms with van der Waals surface area (Å²) < 4.78 is 2.36. The molecule has 1 aliphatic heterocycles. The number of carbonyl (C=O) groups excluding carboxylic acids is 1. The zero-order valence-electron chi connectivity index (χ0n) is 9.76. The lowest BCUT2D eigenvalue weighted by molar-refractivity contribution is -0.0956. The molecule has 2 fully saturated rings. The van der Waals surface area contributed by atoms with Crippen molar-refractivity contribution in [2.75, 3.05) is 13.1 Å². The molecule has 1 saturated carbocycles. The second-order valence-electron chi connectivity index (χ2n) is 5.30. The Balaban J connectivity index is 1.52. The van der Waals surface area contributed by atoms with Crippen LogP contribution < -0.4 is 0 Å². The van der Waals surface area contributed by atoms with E-state index in [2.05, 4.69) is 6.07 Å². The summed E-state index contributed by atoms with van der Waals surface area (Å²) in [6.45, 7) is 1.03. The summed E-state index contributed by atoms with van der Waals surface area (Å²) in [5.41, 5.74) is -0.579. The highest BCUT2D eigenvalue weighted by Gasteiger charge is 2.53. The number of rotatable bonds is 2. The third kappa shape index (κ3) is 1.54. The fourth-order valence-electron chi connectivity index (χ4n) is 2.66. The highest BCUT2D eigenvalue weighted by molar-refractivity contribution is 7.27. The van der Waals surface area contributed by atoms with E-state index in [1.54, 1.807) is 27.6 Å². The molecular formula is C13H13NO2S2. The first-order chi connectivity index (χ1) is 8.66. The molecule has 1 aliphatic carbocycles. The van der Waals surface area contributed by atoms with Gasteiger partial charge in [-0.3, -0.25) is 4.79 Å². The third-order valence-corrected chi connectivity index (χ3v) is 5.99. The average molecular weight is 279 g/mol. The molecule has 18 heavy (non-hydrogen) atoms. The van der Waals surface area contributed by atoms with E-state index in [1.807, 2.05) is 11.4 Å². The molecule has 0 atom stereocenters. The van der Waals surface area contributed by atoms with Crippen molar-refractivity contribution in [1.82, 2.24) is 4.90 Å². The number of β-amino-alcohol motifs (C(OH)–C–C–N with tert-alkyl or cyclic N) is 1. The summed E-state index contributed by atoms with van der Waals surface area (Å²) in [6, 6.07) is 4.03. The van der Waals surface area contributed by atoms with Gasteiger partial charge < -0.3 is 10.0 Å². The monoisotopic (exact) mass is 279 g/mol. The summed E-state index contributed by atoms with van der Waals surface area (Å²) >= 11 is 3.22. The Morgan fingerprint density at radius 2 is 2.17 bits per heavy atom. The van der Waals surface area contributed by atoms with E-state index in [-0.39, 0.29) is 5.91 Å². The molecule has 4 rings (SSSR count). The SMILES string of the molecule is O=C(c1cc2sccc2s1)N1CC(O)(C2CC2)C1. The van der Waals surface area contributed by atoms with Gasteiger partial charge in [-0.05, 0) is 36.3 Å². The van der Waals surface area contributed by atoms with E-state index >= 15 is 0 Å². The summed E-state index contributed by atoms with van der Waals surface area (Å²) in [7, 11) is 0. The maximum atomic E-state index is 12.3. The van der Waals surface area contributed by atoms with Gasteiger partial charge in [0.05, 0.1) is 18.0 Å². The molecule has 3 heterocycles. The van der Waals surface area contributed by atoms with Crippen molar-refractivity contribution in [1.29, 1.82) is 0 Å². The highest BCUT2D eigenvalue weighted by atomic mass is 32.1. The molecule has 94 valence electrons. The molecule has 0 unspecified atom stereocenters. The quantitative estimate of drug-likeness (QED) is 0.918. The van der Waals surface area contributed by atoms with Crippen LogP contribution in [0.15, 0.2) is 17.5 Å². The Morgan fingerprint density at radius 1 is 1.39 bits per heavy atom. The van der Waals surface area contributed by atoms with Gasteiger partial charge in [0.15, 0.2) is 0 Å². The molecule has 1 amide bonds. The number of nitrogens with zero attached hydrogens (tertiary/aromatic N) is 1. The van der Waals surface area contributed by atoms with Gasteiger partial charge in [0, 0.05) is 9.40 Å². The van der Waals surface area contributed by atoms with Crippen LogP contribution in [0.2, 0.25) is 0 Å². The third-order valence-electron chi connectivity index (χ3n) is 3.90. The Kier molecular flexibility index (Phi) is 2.17. The van der Waals surface area contributed by atoms with Gasteiger partial charge in [0.25, 0.3) is 5.91 Å². The largest absolute Gasteiger partial charge is 0.386 e. The first kappa shape index (κ1) is 11.0. The molecule has 0 spiro atoms. The molecule has 5 heteroatoms. The van der Waals surface area contributed by atoms with E-state index in [4.69, 9.17) is 0 Å². The summed E-state index contributed by atoms with van der Waals surface area (Å²) in [5, 5.41) is 12.3. The topological polar surface area (TPSA) is 40.5 Å². The predicted molar refractivity (Wildman–Crippen MR) is 73.3 cm³/mol. The molecule has 0 aromatic carbocycles. The van der Waals surface area contributed by atoms with Crippen molar-refractivity contribution < 1.29 is 9.90 Å². The number of likely N-dealkylation sites (tertiary alicyclic amines) is 1. The van der Waals surface area contributed by atoms with Crippen LogP contribution in [0.4, 0.5) is 0 Å². The van der Waals surface area contributed by atoms with Crippen molar-refractivity contribution in [3.05, 3.63) is 22.4 Å². The number of amides is 1. The lowest BCUT2D eigenvalue weighted by Gasteiger charge is -2.46. The zero-order valence-corrected chi connectivity index (χ0v) is 11.4. The molecule has 0 radical (unpaired) electrons. The second-order valence-corrected chi connectivity index (χ2v) is 7.33. The van der Waals surface area contributed by atoms with E-state index in [1.165, 1.54) is 9.40 Å². The van der Waals surface area contributed by atoms with Crippen LogP contribution >= 0.6 is 22.7 Å². The smallest absolute Gasteiger partial charge is 0.264 e. The standard InChI is InChI=1S/C13H13NO2S2/c15-12(11-5-10-9(18-11)3-4-17-10)14-6-13(16,7-14)8-1-2-8/h3-5,8,16H,1-2,6-7H2. The lowest BCUT2D eigenvalue weighted by Crippen LogP contribution is -2.64. The van der Waals surface area contributed by atoms with Crippen LogP contribution in [-0.4, -0.2) is 34.6 Å². The molecule has 2 aliphatic rings. The minimum absolute atomic E-state index is 0.0775. The van der Waals surface area contributed by atoms with Gasteiger partial charge in [0.2, 0.25) is 0 Å². The molecular weight excluding hydrogens is 266 g/mol.